The summed E-state index contributed by atoms with van der Waals surface area (Å²) in [5.74, 6) is 1.34. The van der Waals surface area contributed by atoms with Crippen LogP contribution in [0.15, 0.2) is 24.3 Å². The van der Waals surface area contributed by atoms with Crippen molar-refractivity contribution < 1.29 is 13.9 Å². The van der Waals surface area contributed by atoms with Gasteiger partial charge in [0.2, 0.25) is 0 Å². The van der Waals surface area contributed by atoms with Crippen molar-refractivity contribution in [3.05, 3.63) is 51.7 Å². The van der Waals surface area contributed by atoms with Gasteiger partial charge in [0.15, 0.2) is 5.11 Å². The third-order valence-corrected chi connectivity index (χ3v) is 6.46. The highest BCUT2D eigenvalue weighted by Gasteiger charge is 2.26. The second-order valence-electron chi connectivity index (χ2n) is 5.67. The summed E-state index contributed by atoms with van der Waals surface area (Å²) in [5, 5.41) is 7.39. The van der Waals surface area contributed by atoms with Crippen molar-refractivity contribution in [2.24, 2.45) is 0 Å². The van der Waals surface area contributed by atoms with Crippen LogP contribution in [0.2, 0.25) is 0 Å². The first-order valence-electron chi connectivity index (χ1n) is 8.27. The number of nitrogens with one attached hydrogen (secondary N) is 2. The zero-order valence-electron chi connectivity index (χ0n) is 14.3. The average Bonchev–Trinajstić information content (AvgIpc) is 2.99. The van der Waals surface area contributed by atoms with Crippen LogP contribution in [-0.4, -0.2) is 23.4 Å². The summed E-state index contributed by atoms with van der Waals surface area (Å²) in [4.78, 5) is 13.6. The minimum absolute atomic E-state index is 0.268. The maximum atomic E-state index is 13.0. The van der Waals surface area contributed by atoms with E-state index in [4.69, 9.17) is 17.0 Å². The number of benzene rings is 1. The largest absolute Gasteiger partial charge is 0.462 e. The minimum atomic E-state index is -0.305. The Labute approximate surface area is 165 Å². The van der Waals surface area contributed by atoms with Crippen molar-refractivity contribution in [2.45, 2.75) is 25.6 Å². The molecule has 3 rings (SSSR count). The van der Waals surface area contributed by atoms with Gasteiger partial charge in [-0.05, 0) is 54.6 Å². The highest BCUT2D eigenvalue weighted by molar-refractivity contribution is 7.98. The van der Waals surface area contributed by atoms with E-state index in [0.29, 0.717) is 23.8 Å². The molecular formula is C18H19FN2O2S3. The van der Waals surface area contributed by atoms with Gasteiger partial charge < -0.3 is 15.4 Å². The standard InChI is InChI=1S/C18H19FN2O2S3/c1-2-23-17(22)15-13-7-8-25-10-14(13)26-16(15)21-18(24)20-9-11-3-5-12(19)6-4-11/h3-6H,2,7-10H2,1H3,(H2,20,21,24). The molecular weight excluding hydrogens is 391 g/mol. The van der Waals surface area contributed by atoms with E-state index in [1.54, 1.807) is 30.4 Å². The molecule has 0 fully saturated rings. The van der Waals surface area contributed by atoms with Gasteiger partial charge in [0.1, 0.15) is 10.8 Å². The fourth-order valence-electron chi connectivity index (χ4n) is 2.67. The number of hydrogen-bond acceptors (Lipinski definition) is 5. The first-order valence-corrected chi connectivity index (χ1v) is 10.6. The molecule has 138 valence electrons. The first kappa shape index (κ1) is 19.1. The van der Waals surface area contributed by atoms with E-state index in [1.165, 1.54) is 17.0 Å². The number of fused-ring (bicyclic) bond motifs is 1. The lowest BCUT2D eigenvalue weighted by Gasteiger charge is -2.13. The van der Waals surface area contributed by atoms with Crippen molar-refractivity contribution in [1.82, 2.24) is 5.32 Å². The number of esters is 1. The maximum absolute atomic E-state index is 13.0. The summed E-state index contributed by atoms with van der Waals surface area (Å²) >= 11 is 8.79. The van der Waals surface area contributed by atoms with Gasteiger partial charge in [-0.1, -0.05) is 12.1 Å². The smallest absolute Gasteiger partial charge is 0.341 e. The van der Waals surface area contributed by atoms with Crippen LogP contribution in [0.25, 0.3) is 0 Å². The molecule has 1 aromatic heterocycles. The van der Waals surface area contributed by atoms with Gasteiger partial charge in [0, 0.05) is 17.2 Å². The molecule has 26 heavy (non-hydrogen) atoms. The van der Waals surface area contributed by atoms with Crippen LogP contribution in [0.1, 0.15) is 33.3 Å². The third-order valence-electron chi connectivity index (χ3n) is 3.89. The lowest BCUT2D eigenvalue weighted by molar-refractivity contribution is 0.0527. The highest BCUT2D eigenvalue weighted by Crippen LogP contribution is 2.39. The van der Waals surface area contributed by atoms with Crippen molar-refractivity contribution in [3.8, 4) is 0 Å². The molecule has 0 bridgehead atoms. The van der Waals surface area contributed by atoms with Gasteiger partial charge in [0.25, 0.3) is 0 Å². The summed E-state index contributed by atoms with van der Waals surface area (Å²) in [6.07, 6.45) is 0.863. The van der Waals surface area contributed by atoms with Gasteiger partial charge in [-0.3, -0.25) is 0 Å². The Morgan fingerprint density at radius 3 is 2.85 bits per heavy atom. The van der Waals surface area contributed by atoms with E-state index < -0.39 is 0 Å². The number of hydrogen-bond donors (Lipinski definition) is 2. The summed E-state index contributed by atoms with van der Waals surface area (Å²) < 4.78 is 18.2. The number of ether oxygens (including phenoxy) is 1. The second-order valence-corrected chi connectivity index (χ2v) is 8.28. The Hall–Kier alpha value is -1.64. The molecule has 2 aromatic rings. The predicted octanol–water partition coefficient (Wildman–Crippen LogP) is 4.34. The fraction of sp³-hybridized carbons (Fsp3) is 0.333. The summed E-state index contributed by atoms with van der Waals surface area (Å²) in [7, 11) is 0. The normalized spacial score (nSPS) is 13.0. The van der Waals surface area contributed by atoms with Crippen molar-refractivity contribution in [1.29, 1.82) is 0 Å². The molecule has 0 atom stereocenters. The fourth-order valence-corrected chi connectivity index (χ4v) is 5.28. The number of carbonyl (C=O) groups is 1. The molecule has 1 aromatic carbocycles. The van der Waals surface area contributed by atoms with Crippen LogP contribution in [0, 0.1) is 5.82 Å². The Kier molecular flexibility index (Phi) is 6.50. The zero-order valence-corrected chi connectivity index (χ0v) is 16.7. The van der Waals surface area contributed by atoms with Crippen LogP contribution in [0.3, 0.4) is 0 Å². The third kappa shape index (κ3) is 4.55. The topological polar surface area (TPSA) is 50.4 Å². The number of thiophene rings is 1. The number of rotatable bonds is 5. The van der Waals surface area contributed by atoms with Crippen LogP contribution in [0.5, 0.6) is 0 Å². The predicted molar refractivity (Wildman–Crippen MR) is 110 cm³/mol. The molecule has 1 aliphatic rings. The Morgan fingerprint density at radius 2 is 2.12 bits per heavy atom. The molecule has 2 N–H and O–H groups in total. The van der Waals surface area contributed by atoms with Crippen molar-refractivity contribution in [3.63, 3.8) is 0 Å². The second kappa shape index (κ2) is 8.83. The molecule has 0 saturated heterocycles. The maximum Gasteiger partial charge on any atom is 0.341 e. The molecule has 8 heteroatoms. The van der Waals surface area contributed by atoms with Crippen LogP contribution < -0.4 is 10.6 Å². The summed E-state index contributed by atoms with van der Waals surface area (Å²) in [5.41, 5.74) is 2.61. The molecule has 0 unspecified atom stereocenters. The van der Waals surface area contributed by atoms with Crippen LogP contribution >= 0.6 is 35.3 Å². The van der Waals surface area contributed by atoms with Gasteiger partial charge >= 0.3 is 5.97 Å². The molecule has 0 amide bonds. The molecule has 4 nitrogen and oxygen atoms in total. The van der Waals surface area contributed by atoms with E-state index in [9.17, 15) is 9.18 Å². The average molecular weight is 411 g/mol. The Balaban J connectivity index is 1.71. The number of anilines is 1. The Morgan fingerprint density at radius 1 is 1.35 bits per heavy atom. The lowest BCUT2D eigenvalue weighted by Crippen LogP contribution is -2.28. The first-order chi connectivity index (χ1) is 12.6. The van der Waals surface area contributed by atoms with Crippen LogP contribution in [-0.2, 0) is 23.5 Å². The van der Waals surface area contributed by atoms with Crippen LogP contribution in [0.4, 0.5) is 9.39 Å². The quantitative estimate of drug-likeness (QED) is 0.565. The zero-order chi connectivity index (χ0) is 18.5. The van der Waals surface area contributed by atoms with Crippen molar-refractivity contribution in [2.75, 3.05) is 17.7 Å². The molecule has 2 heterocycles. The molecule has 0 aliphatic carbocycles. The number of thiocarbonyl (C=S) groups is 1. The molecule has 0 radical (unpaired) electrons. The van der Waals surface area contributed by atoms with Gasteiger partial charge in [-0.25, -0.2) is 9.18 Å². The number of carbonyl (C=O) groups excluding carboxylic acids is 1. The highest BCUT2D eigenvalue weighted by atomic mass is 32.2. The van der Waals surface area contributed by atoms with E-state index >= 15 is 0 Å². The molecule has 0 saturated carbocycles. The van der Waals surface area contributed by atoms with Gasteiger partial charge in [0.05, 0.1) is 12.2 Å². The van der Waals surface area contributed by atoms with Crippen molar-refractivity contribution >= 4 is 51.4 Å². The summed E-state index contributed by atoms with van der Waals surface area (Å²) in [6.45, 7) is 2.61. The minimum Gasteiger partial charge on any atom is -0.462 e. The van der Waals surface area contributed by atoms with E-state index in [-0.39, 0.29) is 11.8 Å². The molecule has 0 spiro atoms. The Bertz CT molecular complexity index is 806. The van der Waals surface area contributed by atoms with E-state index in [2.05, 4.69) is 10.6 Å². The van der Waals surface area contributed by atoms with Gasteiger partial charge in [-0.15, -0.1) is 11.3 Å². The van der Waals surface area contributed by atoms with E-state index in [1.807, 2.05) is 11.8 Å². The van der Waals surface area contributed by atoms with E-state index in [0.717, 1.165) is 34.1 Å². The number of halogens is 1. The SMILES string of the molecule is CCOC(=O)c1c(NC(=S)NCc2ccc(F)cc2)sc2c1CCSC2. The summed E-state index contributed by atoms with van der Waals surface area (Å²) in [6, 6.07) is 6.24. The monoisotopic (exact) mass is 410 g/mol. The lowest BCUT2D eigenvalue weighted by atomic mass is 10.1. The van der Waals surface area contributed by atoms with Gasteiger partial charge in [-0.2, -0.15) is 11.8 Å². The number of thioether (sulfide) groups is 1. The molecule has 1 aliphatic heterocycles.